The number of aliphatic hydroxyl groups is 1. The molecule has 0 aliphatic heterocycles. The molecule has 0 spiro atoms. The highest BCUT2D eigenvalue weighted by Gasteiger charge is 2.28. The van der Waals surface area contributed by atoms with Crippen molar-refractivity contribution in [1.29, 1.82) is 0 Å². The van der Waals surface area contributed by atoms with Crippen molar-refractivity contribution in [3.05, 3.63) is 24.3 Å². The van der Waals surface area contributed by atoms with Crippen LogP contribution in [0.2, 0.25) is 0 Å². The normalized spacial score (nSPS) is 13.9. The zero-order valence-electron chi connectivity index (χ0n) is 50.4. The minimum atomic E-state index is -4.35. The first-order chi connectivity index (χ1) is 36.0. The highest BCUT2D eigenvalue weighted by Crippen LogP contribution is 2.43. The van der Waals surface area contributed by atoms with Crippen LogP contribution in [0.4, 0.5) is 0 Å². The van der Waals surface area contributed by atoms with E-state index in [0.29, 0.717) is 17.4 Å². The van der Waals surface area contributed by atoms with Gasteiger partial charge in [0, 0.05) is 6.42 Å². The second-order valence-electron chi connectivity index (χ2n) is 23.8. The van der Waals surface area contributed by atoms with Crippen molar-refractivity contribution in [2.45, 2.75) is 347 Å². The van der Waals surface area contributed by atoms with E-state index in [4.69, 9.17) is 9.05 Å². The van der Waals surface area contributed by atoms with Crippen molar-refractivity contribution < 1.29 is 32.9 Å². The van der Waals surface area contributed by atoms with E-state index in [0.717, 1.165) is 38.5 Å². The van der Waals surface area contributed by atoms with Crippen LogP contribution in [0.3, 0.4) is 0 Å². The van der Waals surface area contributed by atoms with Gasteiger partial charge in [-0.1, -0.05) is 321 Å². The summed E-state index contributed by atoms with van der Waals surface area (Å²) in [7, 11) is 1.57. The first kappa shape index (κ1) is 73.0. The molecule has 0 aromatic heterocycles. The van der Waals surface area contributed by atoms with Gasteiger partial charge in [0.2, 0.25) is 5.91 Å². The zero-order chi connectivity index (χ0) is 54.2. The van der Waals surface area contributed by atoms with E-state index in [2.05, 4.69) is 31.3 Å². The number of allylic oxidation sites excluding steroid dienone is 3. The smallest absolute Gasteiger partial charge is 0.387 e. The Kier molecular flexibility index (Phi) is 55.9. The molecule has 74 heavy (non-hydrogen) atoms. The maximum absolute atomic E-state index is 13.0. The molecule has 9 heteroatoms. The fraction of sp³-hybridized carbons (Fsp3) is 0.923. The van der Waals surface area contributed by atoms with Crippen LogP contribution in [-0.4, -0.2) is 73.4 Å². The number of quaternary nitrogens is 1. The van der Waals surface area contributed by atoms with Gasteiger partial charge in [0.15, 0.2) is 0 Å². The molecule has 0 aliphatic rings. The topological polar surface area (TPSA) is 105 Å². The van der Waals surface area contributed by atoms with Crippen molar-refractivity contribution in [3.63, 3.8) is 0 Å². The number of nitrogens with one attached hydrogen (secondary N) is 1. The van der Waals surface area contributed by atoms with Gasteiger partial charge in [-0.15, -0.1) is 0 Å². The maximum atomic E-state index is 13.0. The Morgan fingerprint density at radius 1 is 0.446 bits per heavy atom. The molecule has 0 saturated carbocycles. The van der Waals surface area contributed by atoms with E-state index in [9.17, 15) is 19.4 Å². The number of phosphoric ester groups is 1. The molecule has 0 heterocycles. The van der Waals surface area contributed by atoms with Gasteiger partial charge >= 0.3 is 7.82 Å². The largest absolute Gasteiger partial charge is 0.472 e. The molecule has 440 valence electrons. The van der Waals surface area contributed by atoms with E-state index in [1.54, 1.807) is 6.08 Å². The van der Waals surface area contributed by atoms with Crippen LogP contribution in [0.25, 0.3) is 0 Å². The maximum Gasteiger partial charge on any atom is 0.472 e. The van der Waals surface area contributed by atoms with Crippen LogP contribution in [-0.2, 0) is 18.4 Å². The number of carbonyl (C=O) groups excluding carboxylic acids is 1. The Bertz CT molecular complexity index is 1260. The SMILES string of the molecule is CCCCCCCCC/C=C/CC/C=C/C(O)C(COP(=O)(O)OCC[N+](C)(C)C)NC(=O)CCCCCCCCCCCCCCCCCCCCCCCCCCCCCCCCCCCCCCCCC. The molecule has 0 radical (unpaired) electrons. The number of likely N-dealkylation sites (N-methyl/N-ethyl adjacent to an activating group) is 1. The summed E-state index contributed by atoms with van der Waals surface area (Å²) in [4.78, 5) is 23.3. The van der Waals surface area contributed by atoms with E-state index >= 15 is 0 Å². The van der Waals surface area contributed by atoms with Crippen LogP contribution in [0, 0.1) is 0 Å². The Balaban J connectivity index is 3.84. The molecule has 3 unspecified atom stereocenters. The number of nitrogens with zero attached hydrogens (tertiary/aromatic N) is 1. The molecular formula is C65H130N2O6P+. The molecule has 1 amide bonds. The lowest BCUT2D eigenvalue weighted by molar-refractivity contribution is -0.870. The third kappa shape index (κ3) is 58.7. The van der Waals surface area contributed by atoms with Gasteiger partial charge in [-0.05, 0) is 32.1 Å². The fourth-order valence-corrected chi connectivity index (χ4v) is 10.8. The Morgan fingerprint density at radius 2 is 0.743 bits per heavy atom. The first-order valence-corrected chi connectivity index (χ1v) is 34.2. The van der Waals surface area contributed by atoms with Gasteiger partial charge in [0.25, 0.3) is 0 Å². The van der Waals surface area contributed by atoms with Crippen LogP contribution in [0.15, 0.2) is 24.3 Å². The highest BCUT2D eigenvalue weighted by molar-refractivity contribution is 7.47. The van der Waals surface area contributed by atoms with Gasteiger partial charge in [0.1, 0.15) is 13.2 Å². The molecule has 0 aromatic carbocycles. The summed E-state index contributed by atoms with van der Waals surface area (Å²) in [5.74, 6) is -0.181. The Morgan fingerprint density at radius 3 is 1.08 bits per heavy atom. The number of amides is 1. The second-order valence-corrected chi connectivity index (χ2v) is 25.3. The molecule has 0 fully saturated rings. The molecule has 0 aromatic rings. The van der Waals surface area contributed by atoms with Gasteiger partial charge in [-0.25, -0.2) is 4.57 Å². The molecule has 3 N–H and O–H groups in total. The lowest BCUT2D eigenvalue weighted by Crippen LogP contribution is -2.45. The summed E-state index contributed by atoms with van der Waals surface area (Å²) in [6.45, 7) is 4.82. The predicted octanol–water partition coefficient (Wildman–Crippen LogP) is 20.3. The molecule has 0 aliphatic carbocycles. The van der Waals surface area contributed by atoms with Crippen molar-refractivity contribution >= 4 is 13.7 Å². The third-order valence-electron chi connectivity index (χ3n) is 15.2. The number of phosphoric acid groups is 1. The monoisotopic (exact) mass is 1070 g/mol. The summed E-state index contributed by atoms with van der Waals surface area (Å²) in [5, 5.41) is 13.9. The Hall–Kier alpha value is -1.02. The lowest BCUT2D eigenvalue weighted by atomic mass is 10.0. The van der Waals surface area contributed by atoms with E-state index in [1.807, 2.05) is 27.2 Å². The molecule has 0 rings (SSSR count). The summed E-state index contributed by atoms with van der Waals surface area (Å²) < 4.78 is 23.7. The van der Waals surface area contributed by atoms with Crippen LogP contribution in [0.1, 0.15) is 335 Å². The second kappa shape index (κ2) is 56.7. The summed E-state index contributed by atoms with van der Waals surface area (Å²) in [6.07, 6.45) is 73.5. The molecular weight excluding hydrogens is 936 g/mol. The lowest BCUT2D eigenvalue weighted by Gasteiger charge is -2.25. The molecule has 0 saturated heterocycles. The number of hydrogen-bond donors (Lipinski definition) is 3. The average Bonchev–Trinajstić information content (AvgIpc) is 3.36. The quantitative estimate of drug-likeness (QED) is 0.0243. The molecule has 0 bridgehead atoms. The summed E-state index contributed by atoms with van der Waals surface area (Å²) >= 11 is 0. The van der Waals surface area contributed by atoms with Crippen LogP contribution < -0.4 is 5.32 Å². The van der Waals surface area contributed by atoms with E-state index in [1.165, 1.54) is 276 Å². The minimum Gasteiger partial charge on any atom is -0.387 e. The van der Waals surface area contributed by atoms with Crippen molar-refractivity contribution in [2.75, 3.05) is 40.9 Å². The highest BCUT2D eigenvalue weighted by atomic mass is 31.2. The van der Waals surface area contributed by atoms with E-state index < -0.39 is 20.0 Å². The van der Waals surface area contributed by atoms with Crippen molar-refractivity contribution in [2.24, 2.45) is 0 Å². The molecule has 8 nitrogen and oxygen atoms in total. The van der Waals surface area contributed by atoms with Crippen LogP contribution >= 0.6 is 7.82 Å². The summed E-state index contributed by atoms with van der Waals surface area (Å²) in [5.41, 5.74) is 0. The number of hydrogen-bond acceptors (Lipinski definition) is 5. The number of rotatable bonds is 61. The Labute approximate surface area is 462 Å². The summed E-state index contributed by atoms with van der Waals surface area (Å²) in [6, 6.07) is -0.859. The molecule has 3 atom stereocenters. The number of carbonyl (C=O) groups is 1. The first-order valence-electron chi connectivity index (χ1n) is 32.7. The number of aliphatic hydroxyl groups excluding tert-OH is 1. The predicted molar refractivity (Wildman–Crippen MR) is 323 cm³/mol. The standard InChI is InChI=1S/C65H129N2O6P/c1-6-8-10-12-14-16-18-20-21-22-23-24-25-26-27-28-29-30-31-32-33-34-35-36-37-38-39-40-41-42-43-44-45-47-49-51-53-55-57-59-65(69)66-63(62-73-74(70,71)72-61-60-67(3,4)5)64(68)58-56-54-52-50-48-46-19-17-15-13-11-9-7-2/h48,50,56,58,63-64,68H,6-47,49,51-55,57,59-62H2,1-5H3,(H-,66,69,70,71)/p+1/b50-48+,58-56+. The fourth-order valence-electron chi connectivity index (χ4n) is 10.1. The van der Waals surface area contributed by atoms with Gasteiger partial charge in [-0.3, -0.25) is 13.8 Å². The third-order valence-corrected chi connectivity index (χ3v) is 16.2. The van der Waals surface area contributed by atoms with Crippen LogP contribution in [0.5, 0.6) is 0 Å². The van der Waals surface area contributed by atoms with Gasteiger partial charge in [0.05, 0.1) is 39.9 Å². The van der Waals surface area contributed by atoms with Gasteiger partial charge in [-0.2, -0.15) is 0 Å². The van der Waals surface area contributed by atoms with Crippen molar-refractivity contribution in [3.8, 4) is 0 Å². The number of unbranched alkanes of at least 4 members (excludes halogenated alkanes) is 46. The minimum absolute atomic E-state index is 0.0586. The average molecular weight is 1070 g/mol. The van der Waals surface area contributed by atoms with Gasteiger partial charge < -0.3 is 19.8 Å². The van der Waals surface area contributed by atoms with E-state index in [-0.39, 0.29) is 19.1 Å². The van der Waals surface area contributed by atoms with Crippen molar-refractivity contribution in [1.82, 2.24) is 5.32 Å². The zero-order valence-corrected chi connectivity index (χ0v) is 51.3.